The molecule has 1 unspecified atom stereocenters. The zero-order valence-corrected chi connectivity index (χ0v) is 14.2. The fourth-order valence-corrected chi connectivity index (χ4v) is 2.41. The number of para-hydroxylation sites is 1. The van der Waals surface area contributed by atoms with E-state index in [4.69, 9.17) is 14.3 Å². The van der Waals surface area contributed by atoms with Crippen LogP contribution in [0.5, 0.6) is 11.5 Å². The number of nitrogens with zero attached hydrogens (tertiary/aromatic N) is 1. The summed E-state index contributed by atoms with van der Waals surface area (Å²) in [6.07, 6.45) is -0.185. The Kier molecular flexibility index (Phi) is 6.63. The minimum atomic E-state index is -0.632. The Balaban J connectivity index is 2.08. The van der Waals surface area contributed by atoms with E-state index in [0.717, 1.165) is 28.3 Å². The third-order valence-corrected chi connectivity index (χ3v) is 3.58. The van der Waals surface area contributed by atoms with E-state index in [1.807, 2.05) is 55.5 Å². The minimum Gasteiger partial charge on any atom is -0.497 e. The number of aliphatic hydroxyl groups is 1. The molecule has 1 atom stereocenters. The highest BCUT2D eigenvalue weighted by atomic mass is 16.6. The molecule has 0 fully saturated rings. The van der Waals surface area contributed by atoms with E-state index in [2.05, 4.69) is 5.16 Å². The van der Waals surface area contributed by atoms with E-state index in [9.17, 15) is 5.11 Å². The number of ether oxygens (including phenoxy) is 2. The molecule has 0 spiro atoms. The van der Waals surface area contributed by atoms with Crippen molar-refractivity contribution in [2.24, 2.45) is 5.16 Å². The molecule has 128 valence electrons. The second-order valence-electron chi connectivity index (χ2n) is 5.36. The molecule has 0 bridgehead atoms. The molecule has 0 amide bonds. The van der Waals surface area contributed by atoms with Gasteiger partial charge in [0.2, 0.25) is 0 Å². The van der Waals surface area contributed by atoms with Crippen molar-refractivity contribution in [3.05, 3.63) is 59.7 Å². The van der Waals surface area contributed by atoms with Gasteiger partial charge in [-0.3, -0.25) is 0 Å². The molecule has 1 N–H and O–H groups in total. The Bertz CT molecular complexity index is 670. The summed E-state index contributed by atoms with van der Waals surface area (Å²) in [6.45, 7) is 2.07. The number of hydrogen-bond acceptors (Lipinski definition) is 5. The fourth-order valence-electron chi connectivity index (χ4n) is 2.41. The highest BCUT2D eigenvalue weighted by Crippen LogP contribution is 2.20. The molecule has 0 saturated carbocycles. The first-order valence-corrected chi connectivity index (χ1v) is 7.75. The predicted molar refractivity (Wildman–Crippen MR) is 93.9 cm³/mol. The van der Waals surface area contributed by atoms with Crippen molar-refractivity contribution in [3.63, 3.8) is 0 Å². The van der Waals surface area contributed by atoms with Gasteiger partial charge >= 0.3 is 0 Å². The Morgan fingerprint density at radius 3 is 2.50 bits per heavy atom. The van der Waals surface area contributed by atoms with E-state index in [-0.39, 0.29) is 6.61 Å². The number of hydrogen-bond donors (Lipinski definition) is 1. The Labute approximate surface area is 142 Å². The normalized spacial score (nSPS) is 12.6. The van der Waals surface area contributed by atoms with Crippen molar-refractivity contribution in [3.8, 4) is 11.5 Å². The van der Waals surface area contributed by atoms with E-state index in [1.165, 1.54) is 7.11 Å². The molecule has 0 aromatic heterocycles. The van der Waals surface area contributed by atoms with Crippen LogP contribution in [-0.2, 0) is 11.3 Å². The van der Waals surface area contributed by atoms with Crippen LogP contribution in [0.1, 0.15) is 18.1 Å². The minimum absolute atomic E-state index is 0.218. The molecule has 24 heavy (non-hydrogen) atoms. The lowest BCUT2D eigenvalue weighted by atomic mass is 9.98. The first kappa shape index (κ1) is 17.8. The van der Waals surface area contributed by atoms with Gasteiger partial charge in [-0.2, -0.15) is 0 Å². The van der Waals surface area contributed by atoms with Crippen LogP contribution in [0.4, 0.5) is 0 Å². The van der Waals surface area contributed by atoms with Crippen molar-refractivity contribution in [2.45, 2.75) is 19.4 Å². The first-order chi connectivity index (χ1) is 11.6. The van der Waals surface area contributed by atoms with Crippen molar-refractivity contribution < 1.29 is 19.4 Å². The third-order valence-electron chi connectivity index (χ3n) is 3.58. The van der Waals surface area contributed by atoms with E-state index in [1.54, 1.807) is 7.11 Å². The summed E-state index contributed by atoms with van der Waals surface area (Å²) < 4.78 is 10.9. The largest absolute Gasteiger partial charge is 0.497 e. The fraction of sp³-hybridized carbons (Fsp3) is 0.316. The van der Waals surface area contributed by atoms with E-state index >= 15 is 0 Å². The van der Waals surface area contributed by atoms with Crippen molar-refractivity contribution in [1.29, 1.82) is 0 Å². The molecular weight excluding hydrogens is 306 g/mol. The monoisotopic (exact) mass is 329 g/mol. The maximum absolute atomic E-state index is 10.3. The van der Waals surface area contributed by atoms with Gasteiger partial charge in [0.1, 0.15) is 25.2 Å². The summed E-state index contributed by atoms with van der Waals surface area (Å²) in [7, 11) is 3.12. The summed E-state index contributed by atoms with van der Waals surface area (Å²) in [5.41, 5.74) is 2.57. The van der Waals surface area contributed by atoms with Crippen molar-refractivity contribution in [1.82, 2.24) is 0 Å². The molecule has 0 radical (unpaired) electrons. The van der Waals surface area contributed by atoms with Gasteiger partial charge in [-0.05, 0) is 36.8 Å². The maximum atomic E-state index is 10.3. The van der Waals surface area contributed by atoms with Crippen LogP contribution in [0.3, 0.4) is 0 Å². The van der Waals surface area contributed by atoms with Crippen LogP contribution in [0, 0.1) is 0 Å². The van der Waals surface area contributed by atoms with E-state index in [0.29, 0.717) is 6.42 Å². The Morgan fingerprint density at radius 1 is 1.08 bits per heavy atom. The SMILES string of the molecule is CO/N=C(\C)c1cc(OC)ccc1CC(O)COc1ccccc1. The van der Waals surface area contributed by atoms with E-state index < -0.39 is 6.10 Å². The van der Waals surface area contributed by atoms with Gasteiger partial charge in [0.15, 0.2) is 0 Å². The van der Waals surface area contributed by atoms with Crippen LogP contribution in [-0.4, -0.2) is 37.7 Å². The van der Waals surface area contributed by atoms with Gasteiger partial charge in [0.05, 0.1) is 18.9 Å². The Morgan fingerprint density at radius 2 is 1.83 bits per heavy atom. The lowest BCUT2D eigenvalue weighted by molar-refractivity contribution is 0.107. The number of rotatable bonds is 8. The summed E-state index contributed by atoms with van der Waals surface area (Å²) >= 11 is 0. The van der Waals surface area contributed by atoms with Crippen LogP contribution in [0.25, 0.3) is 0 Å². The zero-order valence-electron chi connectivity index (χ0n) is 14.2. The summed E-state index contributed by atoms with van der Waals surface area (Å²) in [4.78, 5) is 4.86. The van der Waals surface area contributed by atoms with Crippen molar-refractivity contribution in [2.75, 3.05) is 20.8 Å². The van der Waals surface area contributed by atoms with Gasteiger partial charge in [0.25, 0.3) is 0 Å². The number of methoxy groups -OCH3 is 1. The standard InChI is InChI=1S/C19H23NO4/c1-14(20-23-3)19-12-18(22-2)10-9-15(19)11-16(21)13-24-17-7-5-4-6-8-17/h4-10,12,16,21H,11,13H2,1-3H3/b20-14+. The number of oxime groups is 1. The maximum Gasteiger partial charge on any atom is 0.119 e. The van der Waals surface area contributed by atoms with Gasteiger partial charge < -0.3 is 19.4 Å². The average molecular weight is 329 g/mol. The summed E-state index contributed by atoms with van der Waals surface area (Å²) in [6, 6.07) is 15.1. The zero-order chi connectivity index (χ0) is 17.4. The molecule has 0 aliphatic carbocycles. The quantitative estimate of drug-likeness (QED) is 0.597. The topological polar surface area (TPSA) is 60.3 Å². The molecule has 0 heterocycles. The second kappa shape index (κ2) is 8.93. The molecule has 2 rings (SSSR count). The highest BCUT2D eigenvalue weighted by Gasteiger charge is 2.13. The molecular formula is C19H23NO4. The molecule has 0 saturated heterocycles. The predicted octanol–water partition coefficient (Wildman–Crippen LogP) is 3.05. The van der Waals surface area contributed by atoms with Gasteiger partial charge in [-0.1, -0.05) is 29.4 Å². The van der Waals surface area contributed by atoms with Crippen LogP contribution < -0.4 is 9.47 Å². The lowest BCUT2D eigenvalue weighted by Crippen LogP contribution is -2.21. The molecule has 2 aromatic carbocycles. The van der Waals surface area contributed by atoms with Crippen LogP contribution in [0.15, 0.2) is 53.7 Å². The number of aliphatic hydroxyl groups excluding tert-OH is 1. The first-order valence-electron chi connectivity index (χ1n) is 7.75. The smallest absolute Gasteiger partial charge is 0.119 e. The molecule has 0 aliphatic rings. The highest BCUT2D eigenvalue weighted by molar-refractivity contribution is 6.00. The summed E-state index contributed by atoms with van der Waals surface area (Å²) in [5, 5.41) is 14.3. The van der Waals surface area contributed by atoms with Crippen LogP contribution in [0.2, 0.25) is 0 Å². The number of benzene rings is 2. The molecule has 2 aromatic rings. The lowest BCUT2D eigenvalue weighted by Gasteiger charge is -2.16. The third kappa shape index (κ3) is 4.99. The molecule has 5 heteroatoms. The molecule has 5 nitrogen and oxygen atoms in total. The van der Waals surface area contributed by atoms with Crippen LogP contribution >= 0.6 is 0 Å². The molecule has 0 aliphatic heterocycles. The second-order valence-corrected chi connectivity index (χ2v) is 5.36. The van der Waals surface area contributed by atoms with Crippen molar-refractivity contribution >= 4 is 5.71 Å². The van der Waals surface area contributed by atoms with Gasteiger partial charge in [-0.25, -0.2) is 0 Å². The average Bonchev–Trinajstić information content (AvgIpc) is 2.61. The van der Waals surface area contributed by atoms with Gasteiger partial charge in [-0.15, -0.1) is 0 Å². The Hall–Kier alpha value is -2.53. The van der Waals surface area contributed by atoms with Gasteiger partial charge in [0, 0.05) is 12.0 Å². The summed E-state index contributed by atoms with van der Waals surface area (Å²) in [5.74, 6) is 1.47.